The maximum absolute atomic E-state index is 6.34. The summed E-state index contributed by atoms with van der Waals surface area (Å²) in [6, 6.07) is 67.4. The molecule has 0 amide bonds. The number of hydrogen-bond donors (Lipinski definition) is 0. The minimum absolute atomic E-state index is 0.333. The molecule has 0 saturated carbocycles. The number of anilines is 6. The highest BCUT2D eigenvalue weighted by Gasteiger charge is 2.37. The van der Waals surface area contributed by atoms with Crippen molar-refractivity contribution in [3.05, 3.63) is 204 Å². The normalized spacial score (nSPS) is 13.3. The van der Waals surface area contributed by atoms with Crippen molar-refractivity contribution in [2.45, 2.75) is 33.1 Å². The number of furan rings is 1. The van der Waals surface area contributed by atoms with Gasteiger partial charge in [-0.25, -0.2) is 0 Å². The van der Waals surface area contributed by atoms with Crippen molar-refractivity contribution in [1.82, 2.24) is 0 Å². The maximum Gasteiger partial charge on any atom is 0.135 e. The van der Waals surface area contributed by atoms with Gasteiger partial charge in [-0.3, -0.25) is 0 Å². The van der Waals surface area contributed by atoms with Crippen LogP contribution in [0.4, 0.5) is 34.1 Å². The van der Waals surface area contributed by atoms with Gasteiger partial charge in [0, 0.05) is 60.5 Å². The molecule has 0 N–H and O–H groups in total. The highest BCUT2D eigenvalue weighted by atomic mass is 16.3. The van der Waals surface area contributed by atoms with E-state index in [0.717, 1.165) is 44.7 Å². The number of fused-ring (bicyclic) bond motifs is 4. The van der Waals surface area contributed by atoms with Gasteiger partial charge >= 0.3 is 0 Å². The zero-order valence-corrected chi connectivity index (χ0v) is 35.1. The molecular formula is C59H42N2O. The molecule has 1 aromatic heterocycles. The minimum Gasteiger partial charge on any atom is -0.456 e. The molecule has 0 bridgehead atoms. The second-order valence-corrected chi connectivity index (χ2v) is 17.8. The van der Waals surface area contributed by atoms with E-state index in [1.807, 2.05) is 6.07 Å². The van der Waals surface area contributed by atoms with Crippen LogP contribution < -0.4 is 9.80 Å². The molecule has 0 radical (unpaired) electrons. The van der Waals surface area contributed by atoms with Crippen LogP contribution in [0, 0.1) is 13.8 Å². The van der Waals surface area contributed by atoms with Crippen LogP contribution in [0.5, 0.6) is 0 Å². The number of para-hydroxylation sites is 2. The van der Waals surface area contributed by atoms with Crippen molar-refractivity contribution in [3.63, 3.8) is 0 Å². The fraction of sp³-hybridized carbons (Fsp3) is 0.0847. The van der Waals surface area contributed by atoms with Gasteiger partial charge in [-0.2, -0.15) is 0 Å². The van der Waals surface area contributed by atoms with E-state index in [1.165, 1.54) is 87.5 Å². The predicted octanol–water partition coefficient (Wildman–Crippen LogP) is 17.0. The number of benzene rings is 11. The molecule has 0 fully saturated rings. The van der Waals surface area contributed by atoms with E-state index >= 15 is 0 Å². The molecule has 1 aliphatic rings. The van der Waals surface area contributed by atoms with Crippen LogP contribution in [0.1, 0.15) is 36.1 Å². The summed E-state index contributed by atoms with van der Waals surface area (Å²) in [5.74, 6) is 0. The van der Waals surface area contributed by atoms with E-state index in [2.05, 4.69) is 213 Å². The third-order valence-electron chi connectivity index (χ3n) is 13.8. The van der Waals surface area contributed by atoms with Crippen LogP contribution in [0.3, 0.4) is 0 Å². The molecule has 3 nitrogen and oxygen atoms in total. The number of aryl methyl sites for hydroxylation is 2. The first-order valence-corrected chi connectivity index (χ1v) is 21.7. The van der Waals surface area contributed by atoms with Crippen LogP contribution in [-0.2, 0) is 5.41 Å². The summed E-state index contributed by atoms with van der Waals surface area (Å²) < 4.78 is 6.34. The van der Waals surface area contributed by atoms with Crippen LogP contribution in [0.15, 0.2) is 186 Å². The Morgan fingerprint density at radius 3 is 1.60 bits per heavy atom. The van der Waals surface area contributed by atoms with Gasteiger partial charge in [-0.05, 0) is 124 Å². The Hall–Kier alpha value is -7.62. The van der Waals surface area contributed by atoms with Gasteiger partial charge in [-0.1, -0.05) is 140 Å². The highest BCUT2D eigenvalue weighted by molar-refractivity contribution is 6.43. The van der Waals surface area contributed by atoms with Crippen molar-refractivity contribution in [1.29, 1.82) is 0 Å². The molecule has 0 spiro atoms. The third-order valence-corrected chi connectivity index (χ3v) is 13.8. The summed E-state index contributed by atoms with van der Waals surface area (Å²) in [7, 11) is 0. The zero-order chi connectivity index (χ0) is 41.4. The van der Waals surface area contributed by atoms with E-state index in [1.54, 1.807) is 0 Å². The van der Waals surface area contributed by atoms with E-state index in [4.69, 9.17) is 4.42 Å². The quantitative estimate of drug-likeness (QED) is 0.123. The first-order valence-electron chi connectivity index (χ1n) is 21.7. The Bertz CT molecular complexity index is 3740. The topological polar surface area (TPSA) is 19.6 Å². The monoisotopic (exact) mass is 794 g/mol. The fourth-order valence-electron chi connectivity index (χ4n) is 11.0. The van der Waals surface area contributed by atoms with Crippen LogP contribution in [-0.4, -0.2) is 0 Å². The lowest BCUT2D eigenvalue weighted by Gasteiger charge is -2.38. The molecule has 12 aromatic rings. The number of rotatable bonds is 6. The van der Waals surface area contributed by atoms with E-state index in [9.17, 15) is 0 Å². The Morgan fingerprint density at radius 2 is 0.887 bits per heavy atom. The summed E-state index contributed by atoms with van der Waals surface area (Å²) in [6.07, 6.45) is 0. The maximum atomic E-state index is 6.34. The van der Waals surface area contributed by atoms with Gasteiger partial charge in [0.1, 0.15) is 11.2 Å². The lowest BCUT2D eigenvalue weighted by molar-refractivity contribution is 0.652. The fourth-order valence-corrected chi connectivity index (χ4v) is 11.0. The average Bonchev–Trinajstić information content (AvgIpc) is 3.68. The van der Waals surface area contributed by atoms with Crippen LogP contribution >= 0.6 is 0 Å². The molecular weight excluding hydrogens is 753 g/mol. The molecule has 294 valence electrons. The van der Waals surface area contributed by atoms with Gasteiger partial charge in [0.25, 0.3) is 0 Å². The first-order chi connectivity index (χ1) is 30.3. The summed E-state index contributed by atoms with van der Waals surface area (Å²) in [6.45, 7) is 9.21. The lowest BCUT2D eigenvalue weighted by Crippen LogP contribution is -2.24. The molecule has 11 aromatic carbocycles. The van der Waals surface area contributed by atoms with Crippen molar-refractivity contribution < 1.29 is 4.42 Å². The van der Waals surface area contributed by atoms with Crippen LogP contribution in [0.25, 0.3) is 75.8 Å². The number of hydrogen-bond acceptors (Lipinski definition) is 3. The summed E-state index contributed by atoms with van der Waals surface area (Å²) in [4.78, 5) is 4.97. The average molecular weight is 795 g/mol. The molecule has 3 heteroatoms. The smallest absolute Gasteiger partial charge is 0.135 e. The Kier molecular flexibility index (Phi) is 7.20. The Balaban J connectivity index is 1.18. The predicted molar refractivity (Wildman–Crippen MR) is 263 cm³/mol. The van der Waals surface area contributed by atoms with Gasteiger partial charge < -0.3 is 14.2 Å². The highest BCUT2D eigenvalue weighted by Crippen LogP contribution is 2.59. The van der Waals surface area contributed by atoms with E-state index in [0.29, 0.717) is 0 Å². The Morgan fingerprint density at radius 1 is 0.355 bits per heavy atom. The van der Waals surface area contributed by atoms with Crippen molar-refractivity contribution >= 4 is 110 Å². The lowest BCUT2D eigenvalue weighted by atomic mass is 9.67. The SMILES string of the molecule is Cc1ccc(N(c2ccc(C)cc2)c2c3cccc4c3c3c5c(cc(N(c6ccccc6)c6ccc7oc8ccccc8c7c6)c6cccc(c7cccc2c73)c65)C4(C)C)cc1. The van der Waals surface area contributed by atoms with Gasteiger partial charge in [0.2, 0.25) is 0 Å². The second kappa shape index (κ2) is 12.7. The second-order valence-electron chi connectivity index (χ2n) is 17.8. The largest absolute Gasteiger partial charge is 0.456 e. The molecule has 62 heavy (non-hydrogen) atoms. The molecule has 1 aliphatic carbocycles. The molecule has 0 aliphatic heterocycles. The molecule has 13 rings (SSSR count). The van der Waals surface area contributed by atoms with Crippen molar-refractivity contribution in [2.75, 3.05) is 9.80 Å². The third kappa shape index (κ3) is 4.76. The molecule has 0 saturated heterocycles. The van der Waals surface area contributed by atoms with Crippen LogP contribution in [0.2, 0.25) is 0 Å². The zero-order valence-electron chi connectivity index (χ0n) is 35.1. The molecule has 0 atom stereocenters. The summed E-state index contributed by atoms with van der Waals surface area (Å²) in [5, 5.41) is 15.3. The number of nitrogens with zero attached hydrogens (tertiary/aromatic N) is 2. The molecule has 0 unspecified atom stereocenters. The summed E-state index contributed by atoms with van der Waals surface area (Å²) in [5.41, 5.74) is 13.5. The van der Waals surface area contributed by atoms with Crippen molar-refractivity contribution in [3.8, 4) is 0 Å². The molecule has 1 heterocycles. The van der Waals surface area contributed by atoms with E-state index < -0.39 is 0 Å². The van der Waals surface area contributed by atoms with Gasteiger partial charge in [0.05, 0.1) is 11.4 Å². The van der Waals surface area contributed by atoms with E-state index in [-0.39, 0.29) is 5.41 Å². The standard InChI is InChI=1S/C59H42N2O/c1-35-23-27-38(28-24-35)61(39-29-25-36(2)26-30-39)58-45-19-11-17-43-42-16-10-18-44-50(34-49-56(53(42)44)57(54(43)45)55-46(58)20-12-21-48(55)59(49,3)4)60(37-13-6-5-7-14-37)40-31-32-52-47(33-40)41-15-8-9-22-51(41)62-52/h5-34H,1-4H3. The minimum atomic E-state index is -0.333. The van der Waals surface area contributed by atoms with Crippen molar-refractivity contribution in [2.24, 2.45) is 0 Å². The first kappa shape index (κ1) is 35.2. The van der Waals surface area contributed by atoms with Gasteiger partial charge in [-0.15, -0.1) is 0 Å². The van der Waals surface area contributed by atoms with Gasteiger partial charge in [0.15, 0.2) is 0 Å². The summed E-state index contributed by atoms with van der Waals surface area (Å²) >= 11 is 0. The Labute approximate surface area is 360 Å².